The molecule has 2 atom stereocenters. The summed E-state index contributed by atoms with van der Waals surface area (Å²) in [5, 5.41) is 16.0. The lowest BCUT2D eigenvalue weighted by molar-refractivity contribution is -0.161. The SMILES string of the molecule is CC(O)CO.CCOCC(C)(CC)OC(C)=O. The summed E-state index contributed by atoms with van der Waals surface area (Å²) in [5.74, 6) is -0.251. The van der Waals surface area contributed by atoms with Gasteiger partial charge in [0.2, 0.25) is 0 Å². The molecule has 2 unspecified atom stereocenters. The second-order valence-corrected chi connectivity index (χ2v) is 4.07. The summed E-state index contributed by atoms with van der Waals surface area (Å²) in [6.45, 7) is 9.70. The lowest BCUT2D eigenvalue weighted by Crippen LogP contribution is -2.35. The second kappa shape index (κ2) is 10.5. The molecule has 0 rings (SSSR count). The molecule has 0 saturated heterocycles. The van der Waals surface area contributed by atoms with E-state index in [9.17, 15) is 4.79 Å². The van der Waals surface area contributed by atoms with Crippen LogP contribution in [0.4, 0.5) is 0 Å². The molecular formula is C12H26O5. The van der Waals surface area contributed by atoms with Gasteiger partial charge in [-0.25, -0.2) is 0 Å². The highest BCUT2D eigenvalue weighted by molar-refractivity contribution is 5.66. The van der Waals surface area contributed by atoms with E-state index < -0.39 is 11.7 Å². The molecule has 5 heteroatoms. The molecule has 0 aromatic heterocycles. The van der Waals surface area contributed by atoms with Crippen molar-refractivity contribution in [3.05, 3.63) is 0 Å². The van der Waals surface area contributed by atoms with E-state index in [0.717, 1.165) is 6.42 Å². The van der Waals surface area contributed by atoms with Crippen LogP contribution in [-0.2, 0) is 14.3 Å². The molecule has 0 fully saturated rings. The average molecular weight is 250 g/mol. The smallest absolute Gasteiger partial charge is 0.303 e. The van der Waals surface area contributed by atoms with E-state index in [1.54, 1.807) is 0 Å². The van der Waals surface area contributed by atoms with E-state index in [-0.39, 0.29) is 12.6 Å². The highest BCUT2D eigenvalue weighted by Gasteiger charge is 2.25. The molecule has 0 bridgehead atoms. The van der Waals surface area contributed by atoms with Crippen molar-refractivity contribution in [2.24, 2.45) is 0 Å². The monoisotopic (exact) mass is 250 g/mol. The fraction of sp³-hybridized carbons (Fsp3) is 0.917. The average Bonchev–Trinajstić information content (AvgIpc) is 2.26. The third kappa shape index (κ3) is 13.3. The fourth-order valence-corrected chi connectivity index (χ4v) is 0.869. The van der Waals surface area contributed by atoms with Crippen molar-refractivity contribution in [1.82, 2.24) is 0 Å². The predicted molar refractivity (Wildman–Crippen MR) is 65.7 cm³/mol. The van der Waals surface area contributed by atoms with E-state index >= 15 is 0 Å². The molecule has 104 valence electrons. The molecule has 0 aliphatic rings. The standard InChI is InChI=1S/C9H18O3.C3H8O2/c1-5-9(4,7-11-6-2)12-8(3)10;1-3(5)2-4/h5-7H2,1-4H3;3-5H,2H2,1H3. The van der Waals surface area contributed by atoms with E-state index in [1.165, 1.54) is 13.8 Å². The van der Waals surface area contributed by atoms with Gasteiger partial charge in [-0.05, 0) is 27.2 Å². The maximum Gasteiger partial charge on any atom is 0.303 e. The molecular weight excluding hydrogens is 224 g/mol. The van der Waals surface area contributed by atoms with E-state index in [0.29, 0.717) is 13.2 Å². The molecule has 0 aliphatic heterocycles. The number of hydrogen-bond donors (Lipinski definition) is 2. The Morgan fingerprint density at radius 1 is 1.41 bits per heavy atom. The van der Waals surface area contributed by atoms with Gasteiger partial charge < -0.3 is 19.7 Å². The largest absolute Gasteiger partial charge is 0.457 e. The number of carbonyl (C=O) groups excluding carboxylic acids is 1. The maximum atomic E-state index is 10.7. The van der Waals surface area contributed by atoms with Crippen molar-refractivity contribution in [2.75, 3.05) is 19.8 Å². The van der Waals surface area contributed by atoms with Crippen molar-refractivity contribution >= 4 is 5.97 Å². The van der Waals surface area contributed by atoms with E-state index in [4.69, 9.17) is 19.7 Å². The van der Waals surface area contributed by atoms with Crippen LogP contribution >= 0.6 is 0 Å². The third-order valence-electron chi connectivity index (χ3n) is 2.01. The molecule has 0 aliphatic carbocycles. The van der Waals surface area contributed by atoms with Crippen molar-refractivity contribution in [1.29, 1.82) is 0 Å². The molecule has 0 saturated carbocycles. The molecule has 0 spiro atoms. The number of esters is 1. The van der Waals surface area contributed by atoms with Gasteiger partial charge in [0.05, 0.1) is 19.3 Å². The normalized spacial score (nSPS) is 15.2. The van der Waals surface area contributed by atoms with Crippen molar-refractivity contribution in [2.45, 2.75) is 52.7 Å². The van der Waals surface area contributed by atoms with E-state index in [1.807, 2.05) is 20.8 Å². The van der Waals surface area contributed by atoms with Gasteiger partial charge >= 0.3 is 5.97 Å². The van der Waals surface area contributed by atoms with Gasteiger partial charge in [0.25, 0.3) is 0 Å². The predicted octanol–water partition coefficient (Wildman–Crippen LogP) is 1.11. The molecule has 5 nitrogen and oxygen atoms in total. The Labute approximate surface area is 104 Å². The van der Waals surface area contributed by atoms with Gasteiger partial charge in [-0.15, -0.1) is 0 Å². The number of hydrogen-bond acceptors (Lipinski definition) is 5. The molecule has 2 N–H and O–H groups in total. The Bertz CT molecular complexity index is 193. The minimum atomic E-state index is -0.560. The second-order valence-electron chi connectivity index (χ2n) is 4.07. The first-order valence-electron chi connectivity index (χ1n) is 5.87. The number of aliphatic hydroxyl groups is 2. The zero-order valence-electron chi connectivity index (χ0n) is 11.5. The molecule has 0 aromatic carbocycles. The Balaban J connectivity index is 0. The van der Waals surface area contributed by atoms with E-state index in [2.05, 4.69) is 0 Å². The Kier molecular flexibility index (Phi) is 11.6. The van der Waals surface area contributed by atoms with Crippen molar-refractivity contribution < 1.29 is 24.5 Å². The number of aliphatic hydroxyl groups excluding tert-OH is 2. The van der Waals surface area contributed by atoms with Gasteiger partial charge in [-0.2, -0.15) is 0 Å². The zero-order valence-corrected chi connectivity index (χ0v) is 11.5. The van der Waals surface area contributed by atoms with Crippen LogP contribution in [0.25, 0.3) is 0 Å². The third-order valence-corrected chi connectivity index (χ3v) is 2.01. The van der Waals surface area contributed by atoms with Crippen LogP contribution in [0.1, 0.15) is 41.0 Å². The van der Waals surface area contributed by atoms with Crippen LogP contribution < -0.4 is 0 Å². The van der Waals surface area contributed by atoms with Crippen LogP contribution in [-0.4, -0.2) is 47.7 Å². The zero-order chi connectivity index (χ0) is 13.9. The summed E-state index contributed by atoms with van der Waals surface area (Å²) in [7, 11) is 0. The first-order valence-corrected chi connectivity index (χ1v) is 5.87. The fourth-order valence-electron chi connectivity index (χ4n) is 0.869. The van der Waals surface area contributed by atoms with Gasteiger partial charge in [0, 0.05) is 13.5 Å². The molecule has 0 heterocycles. The van der Waals surface area contributed by atoms with Crippen LogP contribution in [0, 0.1) is 0 Å². The van der Waals surface area contributed by atoms with Crippen molar-refractivity contribution in [3.63, 3.8) is 0 Å². The molecule has 17 heavy (non-hydrogen) atoms. The molecule has 0 amide bonds. The first-order chi connectivity index (χ1) is 7.81. The summed E-state index contributed by atoms with van der Waals surface area (Å²) in [4.78, 5) is 10.7. The lowest BCUT2D eigenvalue weighted by atomic mass is 10.1. The highest BCUT2D eigenvalue weighted by Crippen LogP contribution is 2.15. The Morgan fingerprint density at radius 3 is 2.12 bits per heavy atom. The lowest BCUT2D eigenvalue weighted by Gasteiger charge is -2.27. The molecule has 0 radical (unpaired) electrons. The number of rotatable bonds is 6. The number of ether oxygens (including phenoxy) is 2. The van der Waals surface area contributed by atoms with Crippen LogP contribution in [0.15, 0.2) is 0 Å². The summed E-state index contributed by atoms with van der Waals surface area (Å²) in [5.41, 5.74) is -0.457. The van der Waals surface area contributed by atoms with Gasteiger partial charge in [-0.3, -0.25) is 4.79 Å². The topological polar surface area (TPSA) is 76.0 Å². The first kappa shape index (κ1) is 18.7. The number of carbonyl (C=O) groups is 1. The minimum absolute atomic E-state index is 0.139. The Hall–Kier alpha value is -0.650. The summed E-state index contributed by atoms with van der Waals surface area (Å²) in [6.07, 6.45) is 0.210. The highest BCUT2D eigenvalue weighted by atomic mass is 16.6. The Morgan fingerprint density at radius 2 is 1.88 bits per heavy atom. The van der Waals surface area contributed by atoms with Crippen LogP contribution in [0.3, 0.4) is 0 Å². The summed E-state index contributed by atoms with van der Waals surface area (Å²) in [6, 6.07) is 0. The maximum absolute atomic E-state index is 10.7. The summed E-state index contributed by atoms with van der Waals surface area (Å²) < 4.78 is 10.3. The van der Waals surface area contributed by atoms with Crippen LogP contribution in [0.5, 0.6) is 0 Å². The van der Waals surface area contributed by atoms with Gasteiger partial charge in [0.15, 0.2) is 0 Å². The van der Waals surface area contributed by atoms with Crippen LogP contribution in [0.2, 0.25) is 0 Å². The summed E-state index contributed by atoms with van der Waals surface area (Å²) >= 11 is 0. The van der Waals surface area contributed by atoms with Gasteiger partial charge in [0.1, 0.15) is 5.60 Å². The quantitative estimate of drug-likeness (QED) is 0.691. The minimum Gasteiger partial charge on any atom is -0.457 e. The van der Waals surface area contributed by atoms with Crippen molar-refractivity contribution in [3.8, 4) is 0 Å². The molecule has 0 aromatic rings. The van der Waals surface area contributed by atoms with Gasteiger partial charge in [-0.1, -0.05) is 6.92 Å².